The topological polar surface area (TPSA) is 49.4 Å². The second-order valence-corrected chi connectivity index (χ2v) is 7.03. The summed E-state index contributed by atoms with van der Waals surface area (Å²) in [6.07, 6.45) is 5.12. The molecule has 0 saturated heterocycles. The number of benzene rings is 2. The predicted molar refractivity (Wildman–Crippen MR) is 98.6 cm³/mol. The molecule has 25 heavy (non-hydrogen) atoms. The van der Waals surface area contributed by atoms with Crippen LogP contribution in [0.15, 0.2) is 42.5 Å². The van der Waals surface area contributed by atoms with Crippen molar-refractivity contribution in [2.45, 2.75) is 38.1 Å². The van der Waals surface area contributed by atoms with Crippen molar-refractivity contribution in [1.82, 2.24) is 4.90 Å². The van der Waals surface area contributed by atoms with E-state index < -0.39 is 0 Å². The lowest BCUT2D eigenvalue weighted by atomic mass is 10.0. The summed E-state index contributed by atoms with van der Waals surface area (Å²) < 4.78 is 0. The Labute approximate surface area is 147 Å². The molecule has 4 nitrogen and oxygen atoms in total. The Balaban J connectivity index is 1.53. The largest absolute Gasteiger partial charge is 0.339 e. The summed E-state index contributed by atoms with van der Waals surface area (Å²) >= 11 is 0. The molecule has 1 heterocycles. The number of carbonyl (C=O) groups is 2. The number of carbonyl (C=O) groups excluding carboxylic acids is 2. The van der Waals surface area contributed by atoms with Gasteiger partial charge in [-0.25, -0.2) is 0 Å². The van der Waals surface area contributed by atoms with E-state index in [1.165, 1.54) is 12.8 Å². The van der Waals surface area contributed by atoms with Gasteiger partial charge in [0, 0.05) is 24.3 Å². The van der Waals surface area contributed by atoms with Crippen LogP contribution in [0.25, 0.3) is 11.1 Å². The third kappa shape index (κ3) is 3.04. The first kappa shape index (κ1) is 15.9. The number of nitrogens with zero attached hydrogens (tertiary/aromatic N) is 1. The van der Waals surface area contributed by atoms with Crippen LogP contribution in [0, 0.1) is 0 Å². The number of nitrogens with one attached hydrogen (secondary N) is 1. The molecule has 1 N–H and O–H groups in total. The highest BCUT2D eigenvalue weighted by atomic mass is 16.2. The molecule has 4 rings (SSSR count). The Morgan fingerprint density at radius 2 is 1.72 bits per heavy atom. The summed E-state index contributed by atoms with van der Waals surface area (Å²) in [4.78, 5) is 26.0. The second-order valence-electron chi connectivity index (χ2n) is 7.03. The van der Waals surface area contributed by atoms with Crippen molar-refractivity contribution >= 4 is 17.5 Å². The van der Waals surface area contributed by atoms with Crippen LogP contribution in [-0.4, -0.2) is 29.8 Å². The molecule has 2 aromatic carbocycles. The van der Waals surface area contributed by atoms with Crippen LogP contribution in [0.3, 0.4) is 0 Å². The molecule has 0 spiro atoms. The highest BCUT2D eigenvalue weighted by Crippen LogP contribution is 2.30. The minimum absolute atomic E-state index is 0.0445. The van der Waals surface area contributed by atoms with Gasteiger partial charge in [-0.2, -0.15) is 0 Å². The molecule has 2 aliphatic rings. The summed E-state index contributed by atoms with van der Waals surface area (Å²) in [6.45, 7) is 0. The number of hydrogen-bond acceptors (Lipinski definition) is 2. The molecule has 0 unspecified atom stereocenters. The average molecular weight is 334 g/mol. The smallest absolute Gasteiger partial charge is 0.253 e. The zero-order valence-corrected chi connectivity index (χ0v) is 14.4. The average Bonchev–Trinajstić information content (AvgIpc) is 3.28. The van der Waals surface area contributed by atoms with E-state index in [1.807, 2.05) is 54.4 Å². The van der Waals surface area contributed by atoms with Crippen molar-refractivity contribution in [2.24, 2.45) is 0 Å². The lowest BCUT2D eigenvalue weighted by Gasteiger charge is -2.24. The van der Waals surface area contributed by atoms with Crippen molar-refractivity contribution in [3.63, 3.8) is 0 Å². The van der Waals surface area contributed by atoms with Crippen molar-refractivity contribution < 1.29 is 9.59 Å². The molecule has 2 amide bonds. The van der Waals surface area contributed by atoms with E-state index in [9.17, 15) is 9.59 Å². The van der Waals surface area contributed by atoms with Crippen molar-refractivity contribution in [3.8, 4) is 11.1 Å². The van der Waals surface area contributed by atoms with Crippen LogP contribution in [0.1, 0.15) is 41.6 Å². The lowest BCUT2D eigenvalue weighted by molar-refractivity contribution is -0.115. The number of fused-ring (bicyclic) bond motifs is 1. The Bertz CT molecular complexity index is 820. The van der Waals surface area contributed by atoms with Crippen LogP contribution >= 0.6 is 0 Å². The van der Waals surface area contributed by atoms with Gasteiger partial charge in [0.15, 0.2) is 0 Å². The maximum atomic E-state index is 12.6. The molecular weight excluding hydrogens is 312 g/mol. The van der Waals surface area contributed by atoms with Crippen LogP contribution < -0.4 is 5.32 Å². The first-order chi connectivity index (χ1) is 12.1. The fourth-order valence-electron chi connectivity index (χ4n) is 3.86. The highest BCUT2D eigenvalue weighted by molar-refractivity contribution is 6.00. The Morgan fingerprint density at radius 1 is 1.04 bits per heavy atom. The van der Waals surface area contributed by atoms with Gasteiger partial charge >= 0.3 is 0 Å². The number of hydrogen-bond donors (Lipinski definition) is 1. The molecular formula is C21H22N2O2. The Kier molecular flexibility index (Phi) is 4.04. The third-order valence-electron chi connectivity index (χ3n) is 5.39. The van der Waals surface area contributed by atoms with Gasteiger partial charge in [0.1, 0.15) is 0 Å². The summed E-state index contributed by atoms with van der Waals surface area (Å²) in [5, 5.41) is 2.88. The fraction of sp³-hybridized carbons (Fsp3) is 0.333. The van der Waals surface area contributed by atoms with Gasteiger partial charge in [0.25, 0.3) is 5.91 Å². The normalized spacial score (nSPS) is 16.6. The van der Waals surface area contributed by atoms with Crippen molar-refractivity contribution in [2.75, 3.05) is 12.4 Å². The van der Waals surface area contributed by atoms with Gasteiger partial charge in [-0.15, -0.1) is 0 Å². The van der Waals surface area contributed by atoms with Gasteiger partial charge in [-0.05, 0) is 47.7 Å². The van der Waals surface area contributed by atoms with E-state index in [0.717, 1.165) is 40.8 Å². The summed E-state index contributed by atoms with van der Waals surface area (Å²) in [7, 11) is 1.91. The molecule has 0 radical (unpaired) electrons. The Hall–Kier alpha value is -2.62. The minimum Gasteiger partial charge on any atom is -0.339 e. The zero-order valence-electron chi connectivity index (χ0n) is 14.4. The quantitative estimate of drug-likeness (QED) is 0.926. The van der Waals surface area contributed by atoms with Gasteiger partial charge in [0.05, 0.1) is 6.42 Å². The van der Waals surface area contributed by atoms with E-state index in [2.05, 4.69) is 5.32 Å². The van der Waals surface area contributed by atoms with Gasteiger partial charge < -0.3 is 10.2 Å². The molecule has 2 aromatic rings. The van der Waals surface area contributed by atoms with Crippen LogP contribution in [-0.2, 0) is 11.2 Å². The third-order valence-corrected chi connectivity index (χ3v) is 5.39. The highest BCUT2D eigenvalue weighted by Gasteiger charge is 2.24. The van der Waals surface area contributed by atoms with Crippen molar-refractivity contribution in [3.05, 3.63) is 53.6 Å². The minimum atomic E-state index is 0.0445. The second kappa shape index (κ2) is 6.36. The van der Waals surface area contributed by atoms with Gasteiger partial charge in [-0.3, -0.25) is 9.59 Å². The van der Waals surface area contributed by atoms with Gasteiger partial charge in [-0.1, -0.05) is 37.1 Å². The molecule has 0 bridgehead atoms. The molecule has 128 valence electrons. The number of anilines is 1. The molecule has 0 aromatic heterocycles. The molecule has 0 atom stereocenters. The van der Waals surface area contributed by atoms with Crippen LogP contribution in [0.2, 0.25) is 0 Å². The van der Waals surface area contributed by atoms with E-state index >= 15 is 0 Å². The first-order valence-corrected chi connectivity index (χ1v) is 8.92. The van der Waals surface area contributed by atoms with Crippen LogP contribution in [0.4, 0.5) is 5.69 Å². The predicted octanol–water partition coefficient (Wildman–Crippen LogP) is 3.86. The van der Waals surface area contributed by atoms with Gasteiger partial charge in [0.2, 0.25) is 5.91 Å². The zero-order chi connectivity index (χ0) is 17.4. The Morgan fingerprint density at radius 3 is 2.44 bits per heavy atom. The van der Waals surface area contributed by atoms with Crippen molar-refractivity contribution in [1.29, 1.82) is 0 Å². The maximum Gasteiger partial charge on any atom is 0.253 e. The maximum absolute atomic E-state index is 12.6. The summed E-state index contributed by atoms with van der Waals surface area (Å²) in [5.41, 5.74) is 4.75. The first-order valence-electron chi connectivity index (χ1n) is 8.92. The van der Waals surface area contributed by atoms with Crippen LogP contribution in [0.5, 0.6) is 0 Å². The molecule has 4 heteroatoms. The molecule has 1 saturated carbocycles. The summed E-state index contributed by atoms with van der Waals surface area (Å²) in [5.74, 6) is 0.141. The fourth-order valence-corrected chi connectivity index (χ4v) is 3.86. The number of rotatable bonds is 3. The number of amides is 2. The standard InChI is InChI=1S/C21H22N2O2/c1-23(18-4-2-3-5-18)21(25)15-8-6-14(7-9-15)16-10-11-17-13-20(24)22-19(17)12-16/h6-12,18H,2-5,13H2,1H3,(H,22,24). The monoisotopic (exact) mass is 334 g/mol. The van der Waals surface area contributed by atoms with E-state index in [0.29, 0.717) is 12.5 Å². The van der Waals surface area contributed by atoms with E-state index in [-0.39, 0.29) is 11.8 Å². The van der Waals surface area contributed by atoms with E-state index in [1.54, 1.807) is 0 Å². The molecule has 1 aliphatic heterocycles. The van der Waals surface area contributed by atoms with E-state index in [4.69, 9.17) is 0 Å². The molecule has 1 fully saturated rings. The SMILES string of the molecule is CN(C(=O)c1ccc(-c2ccc3c(c2)NC(=O)C3)cc1)C1CCCC1. The summed E-state index contributed by atoms with van der Waals surface area (Å²) in [6, 6.07) is 14.2. The lowest BCUT2D eigenvalue weighted by Crippen LogP contribution is -2.35. The molecule has 1 aliphatic carbocycles.